The zero-order chi connectivity index (χ0) is 18.2. The van der Waals surface area contributed by atoms with Crippen LogP contribution in [0.3, 0.4) is 0 Å². The number of benzene rings is 1. The second kappa shape index (κ2) is 8.82. The number of ether oxygens (including phenoxy) is 1. The minimum absolute atomic E-state index is 0.171. The van der Waals surface area contributed by atoms with E-state index >= 15 is 0 Å². The maximum atomic E-state index is 12.3. The van der Waals surface area contributed by atoms with E-state index in [-0.39, 0.29) is 17.5 Å². The van der Waals surface area contributed by atoms with Gasteiger partial charge in [0.15, 0.2) is 0 Å². The van der Waals surface area contributed by atoms with Crippen LogP contribution in [0, 0.1) is 0 Å². The summed E-state index contributed by atoms with van der Waals surface area (Å²) in [6.45, 7) is 5.42. The summed E-state index contributed by atoms with van der Waals surface area (Å²) in [7, 11) is 1.61. The third-order valence-corrected chi connectivity index (χ3v) is 3.90. The minimum Gasteiger partial charge on any atom is -0.497 e. The van der Waals surface area contributed by atoms with E-state index in [1.165, 1.54) is 12.3 Å². The molecule has 0 fully saturated rings. The molecule has 6 heteroatoms. The van der Waals surface area contributed by atoms with E-state index in [2.05, 4.69) is 10.3 Å². The molecule has 0 spiro atoms. The maximum Gasteiger partial charge on any atom is 0.272 e. The average molecular weight is 341 g/mol. The Kier molecular flexibility index (Phi) is 6.51. The van der Waals surface area contributed by atoms with Crippen LogP contribution in [0.15, 0.2) is 42.6 Å². The van der Waals surface area contributed by atoms with Crippen LogP contribution in [-0.4, -0.2) is 41.9 Å². The average Bonchev–Trinajstić information content (AvgIpc) is 2.67. The van der Waals surface area contributed by atoms with Crippen LogP contribution in [0.25, 0.3) is 0 Å². The third kappa shape index (κ3) is 4.79. The van der Waals surface area contributed by atoms with Crippen molar-refractivity contribution in [1.29, 1.82) is 0 Å². The van der Waals surface area contributed by atoms with E-state index in [0.29, 0.717) is 25.2 Å². The first-order valence-electron chi connectivity index (χ1n) is 8.25. The standard InChI is InChI=1S/C19H23N3O3/c1-4-22(5-2)19(24)17-12-15(10-11-20-17)18(23)21-13-14-6-8-16(25-3)9-7-14/h6-12H,4-5,13H2,1-3H3,(H,21,23). The molecule has 1 aromatic carbocycles. The van der Waals surface area contributed by atoms with Crippen LogP contribution in [0.5, 0.6) is 5.75 Å². The zero-order valence-corrected chi connectivity index (χ0v) is 14.8. The Labute approximate surface area is 147 Å². The quantitative estimate of drug-likeness (QED) is 0.840. The van der Waals surface area contributed by atoms with Crippen molar-refractivity contribution in [1.82, 2.24) is 15.2 Å². The molecular formula is C19H23N3O3. The second-order valence-corrected chi connectivity index (χ2v) is 5.44. The lowest BCUT2D eigenvalue weighted by atomic mass is 10.2. The predicted molar refractivity (Wildman–Crippen MR) is 95.7 cm³/mol. The summed E-state index contributed by atoms with van der Waals surface area (Å²) in [6.07, 6.45) is 1.49. The molecule has 0 bridgehead atoms. The first-order valence-corrected chi connectivity index (χ1v) is 8.25. The third-order valence-electron chi connectivity index (χ3n) is 3.90. The summed E-state index contributed by atoms with van der Waals surface area (Å²) in [5, 5.41) is 2.84. The van der Waals surface area contributed by atoms with Crippen LogP contribution in [-0.2, 0) is 6.54 Å². The smallest absolute Gasteiger partial charge is 0.272 e. The molecule has 1 heterocycles. The van der Waals surface area contributed by atoms with Crippen molar-refractivity contribution < 1.29 is 14.3 Å². The maximum absolute atomic E-state index is 12.3. The Balaban J connectivity index is 2.03. The van der Waals surface area contributed by atoms with Crippen LogP contribution in [0.4, 0.5) is 0 Å². The van der Waals surface area contributed by atoms with Crippen LogP contribution in [0.2, 0.25) is 0 Å². The van der Waals surface area contributed by atoms with Gasteiger partial charge >= 0.3 is 0 Å². The highest BCUT2D eigenvalue weighted by Gasteiger charge is 2.16. The molecule has 132 valence electrons. The molecule has 2 rings (SSSR count). The van der Waals surface area contributed by atoms with E-state index in [1.807, 2.05) is 38.1 Å². The van der Waals surface area contributed by atoms with Gasteiger partial charge in [-0.1, -0.05) is 12.1 Å². The number of carbonyl (C=O) groups excluding carboxylic acids is 2. The zero-order valence-electron chi connectivity index (χ0n) is 14.8. The Bertz CT molecular complexity index is 725. The number of carbonyl (C=O) groups is 2. The summed E-state index contributed by atoms with van der Waals surface area (Å²) in [5.41, 5.74) is 1.66. The molecule has 0 aliphatic rings. The van der Waals surface area contributed by atoms with Gasteiger partial charge in [0.05, 0.1) is 7.11 Å². The van der Waals surface area contributed by atoms with Crippen molar-refractivity contribution in [2.45, 2.75) is 20.4 Å². The summed E-state index contributed by atoms with van der Waals surface area (Å²) < 4.78 is 5.11. The number of nitrogens with one attached hydrogen (secondary N) is 1. The normalized spacial score (nSPS) is 10.2. The van der Waals surface area contributed by atoms with Crippen molar-refractivity contribution in [2.24, 2.45) is 0 Å². The molecule has 0 unspecified atom stereocenters. The van der Waals surface area contributed by atoms with Crippen LogP contribution in [0.1, 0.15) is 40.3 Å². The molecule has 0 aliphatic carbocycles. The van der Waals surface area contributed by atoms with Gasteiger partial charge in [-0.05, 0) is 43.7 Å². The lowest BCUT2D eigenvalue weighted by Gasteiger charge is -2.18. The van der Waals surface area contributed by atoms with Crippen LogP contribution >= 0.6 is 0 Å². The Morgan fingerprint density at radius 3 is 2.40 bits per heavy atom. The molecule has 0 saturated heterocycles. The Hall–Kier alpha value is -2.89. The number of hydrogen-bond acceptors (Lipinski definition) is 4. The first kappa shape index (κ1) is 18.4. The second-order valence-electron chi connectivity index (χ2n) is 5.44. The van der Waals surface area contributed by atoms with Crippen molar-refractivity contribution in [3.63, 3.8) is 0 Å². The highest BCUT2D eigenvalue weighted by atomic mass is 16.5. The van der Waals surface area contributed by atoms with Crippen molar-refractivity contribution in [3.05, 3.63) is 59.4 Å². The first-order chi connectivity index (χ1) is 12.1. The lowest BCUT2D eigenvalue weighted by molar-refractivity contribution is 0.0767. The van der Waals surface area contributed by atoms with E-state index in [0.717, 1.165) is 11.3 Å². The largest absolute Gasteiger partial charge is 0.497 e. The number of hydrogen-bond donors (Lipinski definition) is 1. The Morgan fingerprint density at radius 2 is 1.80 bits per heavy atom. The van der Waals surface area contributed by atoms with E-state index in [1.54, 1.807) is 18.1 Å². The van der Waals surface area contributed by atoms with Gasteiger partial charge in [-0.3, -0.25) is 14.6 Å². The van der Waals surface area contributed by atoms with Gasteiger partial charge in [-0.25, -0.2) is 0 Å². The number of rotatable bonds is 7. The van der Waals surface area contributed by atoms with E-state index in [9.17, 15) is 9.59 Å². The van der Waals surface area contributed by atoms with Gasteiger partial charge in [-0.15, -0.1) is 0 Å². The number of aromatic nitrogens is 1. The molecule has 0 aliphatic heterocycles. The molecule has 2 amide bonds. The van der Waals surface area contributed by atoms with Gasteiger partial charge in [0, 0.05) is 31.4 Å². The fraction of sp³-hybridized carbons (Fsp3) is 0.316. The monoisotopic (exact) mass is 341 g/mol. The number of methoxy groups -OCH3 is 1. The highest BCUT2D eigenvalue weighted by molar-refractivity contribution is 5.98. The summed E-state index contributed by atoms with van der Waals surface area (Å²) in [6, 6.07) is 10.6. The predicted octanol–water partition coefficient (Wildman–Crippen LogP) is 2.50. The van der Waals surface area contributed by atoms with Crippen LogP contribution < -0.4 is 10.1 Å². The fourth-order valence-corrected chi connectivity index (χ4v) is 2.39. The molecule has 6 nitrogen and oxygen atoms in total. The number of amides is 2. The molecular weight excluding hydrogens is 318 g/mol. The fourth-order valence-electron chi connectivity index (χ4n) is 2.39. The van der Waals surface area contributed by atoms with E-state index in [4.69, 9.17) is 4.74 Å². The topological polar surface area (TPSA) is 71.5 Å². The van der Waals surface area contributed by atoms with Gasteiger partial charge in [0.1, 0.15) is 11.4 Å². The summed E-state index contributed by atoms with van der Waals surface area (Å²) in [5.74, 6) is 0.352. The molecule has 0 atom stereocenters. The SMILES string of the molecule is CCN(CC)C(=O)c1cc(C(=O)NCc2ccc(OC)cc2)ccn1. The molecule has 25 heavy (non-hydrogen) atoms. The summed E-state index contributed by atoms with van der Waals surface area (Å²) in [4.78, 5) is 30.4. The Morgan fingerprint density at radius 1 is 1.12 bits per heavy atom. The molecule has 2 aromatic rings. The highest BCUT2D eigenvalue weighted by Crippen LogP contribution is 2.11. The summed E-state index contributed by atoms with van der Waals surface area (Å²) >= 11 is 0. The lowest BCUT2D eigenvalue weighted by Crippen LogP contribution is -2.31. The van der Waals surface area contributed by atoms with E-state index < -0.39 is 0 Å². The van der Waals surface area contributed by atoms with Crippen molar-refractivity contribution in [3.8, 4) is 5.75 Å². The molecule has 0 saturated carbocycles. The molecule has 1 aromatic heterocycles. The molecule has 1 N–H and O–H groups in total. The van der Waals surface area contributed by atoms with Gasteiger partial charge in [-0.2, -0.15) is 0 Å². The number of pyridine rings is 1. The van der Waals surface area contributed by atoms with Crippen molar-refractivity contribution in [2.75, 3.05) is 20.2 Å². The number of nitrogens with zero attached hydrogens (tertiary/aromatic N) is 2. The van der Waals surface area contributed by atoms with Gasteiger partial charge < -0.3 is 15.0 Å². The minimum atomic E-state index is -0.244. The molecule has 0 radical (unpaired) electrons. The van der Waals surface area contributed by atoms with Crippen molar-refractivity contribution >= 4 is 11.8 Å². The van der Waals surface area contributed by atoms with Gasteiger partial charge in [0.25, 0.3) is 11.8 Å². The van der Waals surface area contributed by atoms with Gasteiger partial charge in [0.2, 0.25) is 0 Å².